The number of benzene rings is 1. The minimum absolute atomic E-state index is 0.0112. The average molecular weight is 386 g/mol. The number of hydrogen-bond acceptors (Lipinski definition) is 5. The maximum Gasteiger partial charge on any atom is 0.330 e. The molecule has 1 fully saturated rings. The number of ether oxygens (including phenoxy) is 1. The van der Waals surface area contributed by atoms with E-state index in [0.717, 1.165) is 48.6 Å². The first-order valence-electron chi connectivity index (χ1n) is 9.02. The lowest BCUT2D eigenvalue weighted by Crippen LogP contribution is -2.45. The molecule has 0 bridgehead atoms. The number of esters is 1. The molecule has 2 heterocycles. The van der Waals surface area contributed by atoms with E-state index in [1.54, 1.807) is 6.08 Å². The largest absolute Gasteiger partial charge is 0.466 e. The molecule has 0 radical (unpaired) electrons. The van der Waals surface area contributed by atoms with E-state index in [2.05, 4.69) is 23.2 Å². The van der Waals surface area contributed by atoms with Crippen molar-refractivity contribution in [3.05, 3.63) is 70.0 Å². The lowest BCUT2D eigenvalue weighted by Gasteiger charge is -2.36. The van der Waals surface area contributed by atoms with Gasteiger partial charge in [-0.25, -0.2) is 4.79 Å². The number of carbonyl (C=O) groups is 1. The van der Waals surface area contributed by atoms with Crippen molar-refractivity contribution in [1.82, 2.24) is 15.2 Å². The van der Waals surface area contributed by atoms with Crippen molar-refractivity contribution in [3.63, 3.8) is 0 Å². The molecule has 2 aromatic rings. The quantitative estimate of drug-likeness (QED) is 0.632. The number of aryl methyl sites for hydroxylation is 1. The third-order valence-corrected chi connectivity index (χ3v) is 5.00. The van der Waals surface area contributed by atoms with Gasteiger partial charge in [0.1, 0.15) is 0 Å². The second kappa shape index (κ2) is 9.13. The summed E-state index contributed by atoms with van der Waals surface area (Å²) in [4.78, 5) is 18.7. The first-order chi connectivity index (χ1) is 13.1. The Labute approximate surface area is 165 Å². The molecule has 1 unspecified atom stereocenters. The van der Waals surface area contributed by atoms with Crippen molar-refractivity contribution < 1.29 is 9.53 Å². The molecule has 0 aliphatic carbocycles. The summed E-state index contributed by atoms with van der Waals surface area (Å²) in [6.07, 6.45) is 5.02. The van der Waals surface area contributed by atoms with E-state index in [1.165, 1.54) is 13.2 Å². The van der Waals surface area contributed by atoms with Gasteiger partial charge >= 0.3 is 5.97 Å². The van der Waals surface area contributed by atoms with Gasteiger partial charge in [-0.3, -0.25) is 9.88 Å². The van der Waals surface area contributed by atoms with Gasteiger partial charge in [-0.05, 0) is 47.9 Å². The van der Waals surface area contributed by atoms with E-state index in [4.69, 9.17) is 21.3 Å². The highest BCUT2D eigenvalue weighted by atomic mass is 35.5. The van der Waals surface area contributed by atoms with Gasteiger partial charge < -0.3 is 10.1 Å². The van der Waals surface area contributed by atoms with Crippen LogP contribution in [0, 0.1) is 6.92 Å². The second-order valence-corrected chi connectivity index (χ2v) is 6.96. The standard InChI is InChI=1S/C21H24ClN3O2/c1-15-4-3-9-24-20(15)21(25-12-10-23-11-13-25)18-7-6-17(22)14-16(18)5-8-19(26)27-2/h3-9,14,21,23H,10-13H2,1-2H3/b8-5+. The Balaban J connectivity index is 2.10. The Hall–Kier alpha value is -2.21. The summed E-state index contributed by atoms with van der Waals surface area (Å²) in [6, 6.07) is 9.82. The molecule has 27 heavy (non-hydrogen) atoms. The molecule has 1 aliphatic rings. The Morgan fingerprint density at radius 1 is 1.33 bits per heavy atom. The monoisotopic (exact) mass is 385 g/mol. The number of aromatic nitrogens is 1. The number of methoxy groups -OCH3 is 1. The summed E-state index contributed by atoms with van der Waals surface area (Å²) in [6.45, 7) is 5.79. The van der Waals surface area contributed by atoms with Crippen molar-refractivity contribution in [2.75, 3.05) is 33.3 Å². The summed E-state index contributed by atoms with van der Waals surface area (Å²) in [5.41, 5.74) is 4.12. The number of halogens is 1. The molecule has 0 amide bonds. The number of rotatable bonds is 5. The zero-order chi connectivity index (χ0) is 19.2. The molecule has 3 rings (SSSR count). The molecule has 5 nitrogen and oxygen atoms in total. The maximum absolute atomic E-state index is 11.6. The van der Waals surface area contributed by atoms with E-state index in [1.807, 2.05) is 30.5 Å². The lowest BCUT2D eigenvalue weighted by atomic mass is 9.93. The molecule has 142 valence electrons. The SMILES string of the molecule is COC(=O)/C=C/c1cc(Cl)ccc1C(c1ncccc1C)N1CCNCC1. The number of hydrogen-bond donors (Lipinski definition) is 1. The van der Waals surface area contributed by atoms with Crippen LogP contribution in [-0.2, 0) is 9.53 Å². The molecular weight excluding hydrogens is 362 g/mol. The number of carbonyl (C=O) groups excluding carboxylic acids is 1. The third-order valence-electron chi connectivity index (χ3n) is 4.77. The molecule has 1 aliphatic heterocycles. The van der Waals surface area contributed by atoms with Crippen LogP contribution in [0.15, 0.2) is 42.6 Å². The number of nitrogens with zero attached hydrogens (tertiary/aromatic N) is 2. The van der Waals surface area contributed by atoms with Gasteiger partial charge in [0.15, 0.2) is 0 Å². The summed E-state index contributed by atoms with van der Waals surface area (Å²) < 4.78 is 4.73. The molecule has 1 aromatic heterocycles. The highest BCUT2D eigenvalue weighted by molar-refractivity contribution is 6.30. The van der Waals surface area contributed by atoms with Crippen molar-refractivity contribution in [2.45, 2.75) is 13.0 Å². The van der Waals surface area contributed by atoms with Gasteiger partial charge in [0.2, 0.25) is 0 Å². The van der Waals surface area contributed by atoms with Crippen LogP contribution in [0.2, 0.25) is 5.02 Å². The van der Waals surface area contributed by atoms with Crippen molar-refractivity contribution in [3.8, 4) is 0 Å². The van der Waals surface area contributed by atoms with Crippen LogP contribution in [0.1, 0.15) is 28.4 Å². The fourth-order valence-electron chi connectivity index (χ4n) is 3.41. The predicted octanol–water partition coefficient (Wildman–Crippen LogP) is 3.22. The van der Waals surface area contributed by atoms with Gasteiger partial charge in [0.25, 0.3) is 0 Å². The van der Waals surface area contributed by atoms with Crippen LogP contribution in [0.4, 0.5) is 0 Å². The minimum atomic E-state index is -0.395. The summed E-state index contributed by atoms with van der Waals surface area (Å²) in [5.74, 6) is -0.395. The molecule has 1 atom stereocenters. The number of pyridine rings is 1. The van der Waals surface area contributed by atoms with E-state index in [-0.39, 0.29) is 6.04 Å². The second-order valence-electron chi connectivity index (χ2n) is 6.52. The van der Waals surface area contributed by atoms with Crippen molar-refractivity contribution in [2.24, 2.45) is 0 Å². The molecule has 1 saturated heterocycles. The summed E-state index contributed by atoms with van der Waals surface area (Å²) in [5, 5.41) is 4.03. The van der Waals surface area contributed by atoms with E-state index >= 15 is 0 Å². The van der Waals surface area contributed by atoms with Crippen LogP contribution >= 0.6 is 11.6 Å². The molecule has 0 saturated carbocycles. The summed E-state index contributed by atoms with van der Waals surface area (Å²) >= 11 is 6.24. The first-order valence-corrected chi connectivity index (χ1v) is 9.39. The van der Waals surface area contributed by atoms with Gasteiger partial charge in [0.05, 0.1) is 18.8 Å². The topological polar surface area (TPSA) is 54.5 Å². The fourth-order valence-corrected chi connectivity index (χ4v) is 3.59. The highest BCUT2D eigenvalue weighted by Gasteiger charge is 2.27. The third kappa shape index (κ3) is 4.75. The number of nitrogens with one attached hydrogen (secondary N) is 1. The molecule has 0 spiro atoms. The Bertz CT molecular complexity index is 832. The normalized spacial score (nSPS) is 16.4. The van der Waals surface area contributed by atoms with E-state index in [0.29, 0.717) is 5.02 Å². The minimum Gasteiger partial charge on any atom is -0.466 e. The van der Waals surface area contributed by atoms with Crippen LogP contribution in [0.3, 0.4) is 0 Å². The van der Waals surface area contributed by atoms with Gasteiger partial charge in [0, 0.05) is 43.5 Å². The first kappa shape index (κ1) is 19.5. The lowest BCUT2D eigenvalue weighted by molar-refractivity contribution is -0.134. The Morgan fingerprint density at radius 3 is 2.81 bits per heavy atom. The molecule has 1 aromatic carbocycles. The van der Waals surface area contributed by atoms with Crippen LogP contribution < -0.4 is 5.32 Å². The number of piperazine rings is 1. The Kier molecular flexibility index (Phi) is 6.61. The van der Waals surface area contributed by atoms with Crippen LogP contribution in [0.5, 0.6) is 0 Å². The Morgan fingerprint density at radius 2 is 2.11 bits per heavy atom. The fraction of sp³-hybridized carbons (Fsp3) is 0.333. The van der Waals surface area contributed by atoms with Gasteiger partial charge in [-0.15, -0.1) is 0 Å². The molecule has 6 heteroatoms. The van der Waals surface area contributed by atoms with Crippen LogP contribution in [0.25, 0.3) is 6.08 Å². The zero-order valence-corrected chi connectivity index (χ0v) is 16.4. The molecular formula is C21H24ClN3O2. The van der Waals surface area contributed by atoms with E-state index in [9.17, 15) is 4.79 Å². The smallest absolute Gasteiger partial charge is 0.330 e. The van der Waals surface area contributed by atoms with Crippen molar-refractivity contribution in [1.29, 1.82) is 0 Å². The molecule has 1 N–H and O–H groups in total. The van der Waals surface area contributed by atoms with Gasteiger partial charge in [-0.2, -0.15) is 0 Å². The van der Waals surface area contributed by atoms with Crippen LogP contribution in [-0.4, -0.2) is 49.1 Å². The highest BCUT2D eigenvalue weighted by Crippen LogP contribution is 2.33. The average Bonchev–Trinajstić information content (AvgIpc) is 2.70. The predicted molar refractivity (Wildman–Crippen MR) is 108 cm³/mol. The maximum atomic E-state index is 11.6. The van der Waals surface area contributed by atoms with Crippen molar-refractivity contribution >= 4 is 23.6 Å². The summed E-state index contributed by atoms with van der Waals surface area (Å²) in [7, 11) is 1.37. The zero-order valence-electron chi connectivity index (χ0n) is 15.6. The van der Waals surface area contributed by atoms with Gasteiger partial charge in [-0.1, -0.05) is 23.7 Å². The van der Waals surface area contributed by atoms with E-state index < -0.39 is 5.97 Å².